The zero-order valence-electron chi connectivity index (χ0n) is 20.0. The second-order valence-electron chi connectivity index (χ2n) is 8.02. The van der Waals surface area contributed by atoms with Gasteiger partial charge in [-0.3, -0.25) is 14.0 Å². The number of amides is 1. The summed E-state index contributed by atoms with van der Waals surface area (Å²) in [6, 6.07) is 12.9. The van der Waals surface area contributed by atoms with Crippen LogP contribution in [0.4, 0.5) is 0 Å². The minimum atomic E-state index is -0.681. The molecule has 0 aliphatic heterocycles. The number of hydrogen-bond donors (Lipinski definition) is 0. The quantitative estimate of drug-likeness (QED) is 0.313. The van der Waals surface area contributed by atoms with Gasteiger partial charge in [-0.15, -0.1) is 0 Å². The first-order chi connectivity index (χ1) is 16.8. The molecule has 0 unspecified atom stereocenters. The van der Waals surface area contributed by atoms with Crippen LogP contribution in [0.2, 0.25) is 0 Å². The summed E-state index contributed by atoms with van der Waals surface area (Å²) in [5.41, 5.74) is 0.842. The molecule has 0 radical (unpaired) electrons. The zero-order chi connectivity index (χ0) is 25.1. The second kappa shape index (κ2) is 9.92. The molecular formula is C26H26N4O5. The van der Waals surface area contributed by atoms with Gasteiger partial charge in [0.1, 0.15) is 22.6 Å². The Morgan fingerprint density at radius 2 is 1.80 bits per heavy atom. The van der Waals surface area contributed by atoms with Gasteiger partial charge in [-0.1, -0.05) is 6.07 Å². The maximum Gasteiger partial charge on any atom is 0.341 e. The molecule has 0 aliphatic rings. The molecule has 0 N–H and O–H groups in total. The number of hydrogen-bond acceptors (Lipinski definition) is 6. The van der Waals surface area contributed by atoms with E-state index in [0.29, 0.717) is 29.2 Å². The lowest BCUT2D eigenvalue weighted by molar-refractivity contribution is 0.0523. The molecule has 1 amide bonds. The predicted octanol–water partition coefficient (Wildman–Crippen LogP) is 3.55. The topological polar surface area (TPSA) is 104 Å². The molecule has 9 nitrogen and oxygen atoms in total. The maximum atomic E-state index is 13.3. The Morgan fingerprint density at radius 1 is 1.06 bits per heavy atom. The van der Waals surface area contributed by atoms with Gasteiger partial charge in [-0.2, -0.15) is 4.99 Å². The Bertz CT molecular complexity index is 1550. The monoisotopic (exact) mass is 474 g/mol. The number of aromatic nitrogens is 3. The normalized spacial score (nSPS) is 11.9. The fraction of sp³-hybridized carbons (Fsp3) is 0.269. The highest BCUT2D eigenvalue weighted by atomic mass is 16.5. The molecule has 180 valence electrons. The largest absolute Gasteiger partial charge is 0.494 e. The van der Waals surface area contributed by atoms with Crippen molar-refractivity contribution in [2.24, 2.45) is 4.99 Å². The molecule has 35 heavy (non-hydrogen) atoms. The van der Waals surface area contributed by atoms with Crippen molar-refractivity contribution in [1.82, 2.24) is 14.0 Å². The summed E-state index contributed by atoms with van der Waals surface area (Å²) in [5, 5.41) is 0.220. The van der Waals surface area contributed by atoms with Crippen LogP contribution in [0.1, 0.15) is 54.5 Å². The van der Waals surface area contributed by atoms with E-state index in [9.17, 15) is 14.4 Å². The van der Waals surface area contributed by atoms with Gasteiger partial charge < -0.3 is 14.0 Å². The maximum absolute atomic E-state index is 13.3. The Balaban J connectivity index is 2.05. The summed E-state index contributed by atoms with van der Waals surface area (Å²) in [6.45, 7) is 7.92. The minimum Gasteiger partial charge on any atom is -0.494 e. The highest BCUT2D eigenvalue weighted by molar-refractivity contribution is 5.97. The smallest absolute Gasteiger partial charge is 0.341 e. The van der Waals surface area contributed by atoms with Crippen molar-refractivity contribution >= 4 is 28.6 Å². The number of pyridine rings is 2. The highest BCUT2D eigenvalue weighted by Gasteiger charge is 2.21. The summed E-state index contributed by atoms with van der Waals surface area (Å²) >= 11 is 0. The first kappa shape index (κ1) is 23.9. The van der Waals surface area contributed by atoms with Crippen LogP contribution >= 0.6 is 0 Å². The van der Waals surface area contributed by atoms with Gasteiger partial charge in [0, 0.05) is 17.8 Å². The number of carbonyl (C=O) groups excluding carboxylic acids is 2. The van der Waals surface area contributed by atoms with Crippen molar-refractivity contribution in [1.29, 1.82) is 0 Å². The summed E-state index contributed by atoms with van der Waals surface area (Å²) in [5.74, 6) is -0.597. The fourth-order valence-corrected chi connectivity index (χ4v) is 3.82. The van der Waals surface area contributed by atoms with Crippen LogP contribution in [0.15, 0.2) is 64.5 Å². The Hall–Kier alpha value is -4.27. The second-order valence-corrected chi connectivity index (χ2v) is 8.02. The standard InChI is InChI=1S/C26H26N4O5/c1-5-34-18-12-10-17(11-13-18)24(31)28-23-20(26(33)35-6-2)15-19-22(30(23)16(3)4)27-21-9-7-8-14-29(21)25(19)32/h7-16H,5-6H2,1-4H3. The van der Waals surface area contributed by atoms with Gasteiger partial charge in [-0.05, 0) is 70.2 Å². The molecule has 0 fully saturated rings. The van der Waals surface area contributed by atoms with Crippen molar-refractivity contribution in [2.45, 2.75) is 33.7 Å². The van der Waals surface area contributed by atoms with E-state index >= 15 is 0 Å². The lowest BCUT2D eigenvalue weighted by atomic mass is 10.1. The van der Waals surface area contributed by atoms with E-state index < -0.39 is 11.9 Å². The number of esters is 1. The molecule has 3 heterocycles. The Morgan fingerprint density at radius 3 is 2.46 bits per heavy atom. The zero-order valence-corrected chi connectivity index (χ0v) is 20.0. The number of carbonyl (C=O) groups is 2. The van der Waals surface area contributed by atoms with Gasteiger partial charge in [0.25, 0.3) is 11.5 Å². The van der Waals surface area contributed by atoms with Crippen molar-refractivity contribution in [3.8, 4) is 5.75 Å². The molecule has 0 aliphatic carbocycles. The average Bonchev–Trinajstić information content (AvgIpc) is 2.84. The van der Waals surface area contributed by atoms with E-state index in [1.807, 2.05) is 20.8 Å². The lowest BCUT2D eigenvalue weighted by Crippen LogP contribution is -2.33. The van der Waals surface area contributed by atoms with E-state index in [0.717, 1.165) is 0 Å². The number of fused-ring (bicyclic) bond motifs is 2. The molecule has 3 aromatic heterocycles. The number of ether oxygens (including phenoxy) is 2. The molecule has 4 aromatic rings. The predicted molar refractivity (Wildman–Crippen MR) is 131 cm³/mol. The summed E-state index contributed by atoms with van der Waals surface area (Å²) in [6.07, 6.45) is 1.61. The van der Waals surface area contributed by atoms with Crippen molar-refractivity contribution < 1.29 is 19.1 Å². The van der Waals surface area contributed by atoms with Gasteiger partial charge in [0.05, 0.1) is 18.6 Å². The third-order valence-corrected chi connectivity index (χ3v) is 5.37. The fourth-order valence-electron chi connectivity index (χ4n) is 3.82. The van der Waals surface area contributed by atoms with Crippen LogP contribution in [-0.2, 0) is 4.74 Å². The molecule has 4 rings (SSSR count). The van der Waals surface area contributed by atoms with Crippen molar-refractivity contribution in [3.63, 3.8) is 0 Å². The molecular weight excluding hydrogens is 448 g/mol. The Labute approximate surface area is 201 Å². The third-order valence-electron chi connectivity index (χ3n) is 5.37. The van der Waals surface area contributed by atoms with Crippen molar-refractivity contribution in [3.05, 3.63) is 81.7 Å². The lowest BCUT2D eigenvalue weighted by Gasteiger charge is -2.17. The van der Waals surface area contributed by atoms with Gasteiger partial charge in [0.15, 0.2) is 5.49 Å². The molecule has 0 atom stereocenters. The minimum absolute atomic E-state index is 0.0158. The van der Waals surface area contributed by atoms with E-state index in [1.165, 1.54) is 10.5 Å². The Kier molecular flexibility index (Phi) is 6.77. The van der Waals surface area contributed by atoms with Crippen LogP contribution in [0.3, 0.4) is 0 Å². The van der Waals surface area contributed by atoms with E-state index in [1.54, 1.807) is 60.2 Å². The van der Waals surface area contributed by atoms with Gasteiger partial charge in [0.2, 0.25) is 0 Å². The summed E-state index contributed by atoms with van der Waals surface area (Å²) in [4.78, 5) is 48.4. The summed E-state index contributed by atoms with van der Waals surface area (Å²) < 4.78 is 13.7. The molecule has 9 heteroatoms. The number of rotatable bonds is 6. The molecule has 0 spiro atoms. The summed E-state index contributed by atoms with van der Waals surface area (Å²) in [7, 11) is 0. The number of benzene rings is 1. The van der Waals surface area contributed by atoms with Crippen LogP contribution in [-0.4, -0.2) is 39.0 Å². The molecule has 0 bridgehead atoms. The van der Waals surface area contributed by atoms with Gasteiger partial charge >= 0.3 is 5.97 Å². The first-order valence-electron chi connectivity index (χ1n) is 11.4. The van der Waals surface area contributed by atoms with E-state index in [-0.39, 0.29) is 34.6 Å². The van der Waals surface area contributed by atoms with E-state index in [4.69, 9.17) is 9.47 Å². The van der Waals surface area contributed by atoms with Crippen LogP contribution in [0.25, 0.3) is 16.7 Å². The van der Waals surface area contributed by atoms with E-state index in [2.05, 4.69) is 9.98 Å². The highest BCUT2D eigenvalue weighted by Crippen LogP contribution is 2.16. The average molecular weight is 475 g/mol. The van der Waals surface area contributed by atoms with Crippen LogP contribution < -0.4 is 15.8 Å². The van der Waals surface area contributed by atoms with Crippen LogP contribution in [0.5, 0.6) is 5.75 Å². The van der Waals surface area contributed by atoms with Crippen molar-refractivity contribution in [2.75, 3.05) is 13.2 Å². The van der Waals surface area contributed by atoms with Crippen LogP contribution in [0, 0.1) is 0 Å². The number of nitrogens with zero attached hydrogens (tertiary/aromatic N) is 4. The molecule has 0 saturated heterocycles. The SMILES string of the molecule is CCOC(=O)c1cc2c(=O)n3ccccc3nc2n(C(C)C)c1=NC(=O)c1ccc(OCC)cc1. The first-order valence-corrected chi connectivity index (χ1v) is 11.4. The molecule has 1 aromatic carbocycles. The van der Waals surface area contributed by atoms with Gasteiger partial charge in [-0.25, -0.2) is 9.78 Å². The third kappa shape index (κ3) is 4.57. The molecule has 0 saturated carbocycles.